The maximum Gasteiger partial charge on any atom is 0.324 e. The van der Waals surface area contributed by atoms with Gasteiger partial charge < -0.3 is 4.74 Å². The molecular weight excluding hydrogens is 368 g/mol. The lowest BCUT2D eigenvalue weighted by Crippen LogP contribution is -2.27. The van der Waals surface area contributed by atoms with Gasteiger partial charge in [-0.25, -0.2) is 0 Å². The van der Waals surface area contributed by atoms with Gasteiger partial charge in [0, 0.05) is 10.9 Å². The summed E-state index contributed by atoms with van der Waals surface area (Å²) in [5.74, 6) is 0.442. The Morgan fingerprint density at radius 3 is 2.54 bits per heavy atom. The second kappa shape index (κ2) is 6.71. The Bertz CT molecular complexity index is 858. The lowest BCUT2D eigenvalue weighted by atomic mass is 10.2. The van der Waals surface area contributed by atoms with Gasteiger partial charge in [-0.2, -0.15) is 0 Å². The van der Waals surface area contributed by atoms with Crippen LogP contribution in [0.2, 0.25) is 0 Å². The molecule has 0 bridgehead atoms. The number of nitrogens with zero attached hydrogens (tertiary/aromatic N) is 2. The molecule has 0 radical (unpaired) electrons. The summed E-state index contributed by atoms with van der Waals surface area (Å²) in [6.45, 7) is 0. The van der Waals surface area contributed by atoms with Crippen molar-refractivity contribution in [1.82, 2.24) is 0 Å². The highest BCUT2D eigenvalue weighted by atomic mass is 32.2. The van der Waals surface area contributed by atoms with Gasteiger partial charge in [0.2, 0.25) is 0 Å². The van der Waals surface area contributed by atoms with Crippen molar-refractivity contribution in [2.45, 2.75) is 0 Å². The fourth-order valence-electron chi connectivity index (χ4n) is 2.07. The molecule has 2 heterocycles. The van der Waals surface area contributed by atoms with Crippen molar-refractivity contribution in [3.63, 3.8) is 0 Å². The Morgan fingerprint density at radius 2 is 1.96 bits per heavy atom. The number of methoxy groups -OCH3 is 1. The van der Waals surface area contributed by atoms with Crippen molar-refractivity contribution in [3.05, 3.63) is 56.3 Å². The first-order chi connectivity index (χ1) is 11.5. The van der Waals surface area contributed by atoms with Gasteiger partial charge in [0.25, 0.3) is 5.91 Å². The van der Waals surface area contributed by atoms with Crippen LogP contribution in [0.3, 0.4) is 0 Å². The summed E-state index contributed by atoms with van der Waals surface area (Å²) in [4.78, 5) is 25.4. The van der Waals surface area contributed by atoms with Gasteiger partial charge >= 0.3 is 5.00 Å². The van der Waals surface area contributed by atoms with E-state index in [1.165, 1.54) is 22.7 Å². The van der Waals surface area contributed by atoms with Crippen LogP contribution in [0.15, 0.2) is 41.3 Å². The van der Waals surface area contributed by atoms with E-state index in [0.29, 0.717) is 25.5 Å². The lowest BCUT2D eigenvalue weighted by Gasteiger charge is -2.14. The van der Waals surface area contributed by atoms with Crippen LogP contribution in [-0.2, 0) is 4.79 Å². The highest BCUT2D eigenvalue weighted by molar-refractivity contribution is 8.27. The number of carbonyl (C=O) groups excluding carboxylic acids is 1. The van der Waals surface area contributed by atoms with E-state index in [-0.39, 0.29) is 10.9 Å². The molecule has 0 saturated carbocycles. The van der Waals surface area contributed by atoms with E-state index in [1.807, 2.05) is 0 Å². The number of thiocarbonyl (C=S) groups is 1. The van der Waals surface area contributed by atoms with Crippen molar-refractivity contribution in [2.24, 2.45) is 0 Å². The number of ether oxygens (including phenoxy) is 1. The van der Waals surface area contributed by atoms with Crippen molar-refractivity contribution >= 4 is 62.3 Å². The third-order valence-corrected chi connectivity index (χ3v) is 5.48. The van der Waals surface area contributed by atoms with E-state index in [9.17, 15) is 14.9 Å². The fraction of sp³-hybridized carbons (Fsp3) is 0.0667. The summed E-state index contributed by atoms with van der Waals surface area (Å²) in [6, 6.07) is 10.0. The maximum absolute atomic E-state index is 12.6. The Kier molecular flexibility index (Phi) is 4.65. The number of nitro groups is 1. The molecule has 2 aromatic rings. The van der Waals surface area contributed by atoms with Crippen LogP contribution in [-0.4, -0.2) is 22.3 Å². The van der Waals surface area contributed by atoms with E-state index in [4.69, 9.17) is 17.0 Å². The molecule has 1 fully saturated rings. The number of rotatable bonds is 4. The number of benzene rings is 1. The third-order valence-electron chi connectivity index (χ3n) is 3.19. The number of amides is 1. The van der Waals surface area contributed by atoms with Crippen LogP contribution in [0.4, 0.5) is 10.7 Å². The molecule has 1 amide bonds. The summed E-state index contributed by atoms with van der Waals surface area (Å²) < 4.78 is 5.52. The summed E-state index contributed by atoms with van der Waals surface area (Å²) in [7, 11) is 1.57. The zero-order valence-corrected chi connectivity index (χ0v) is 14.7. The second-order valence-corrected chi connectivity index (χ2v) is 7.42. The monoisotopic (exact) mass is 378 g/mol. The van der Waals surface area contributed by atoms with E-state index in [1.54, 1.807) is 43.5 Å². The van der Waals surface area contributed by atoms with Crippen LogP contribution in [0.5, 0.6) is 5.75 Å². The number of thiophene rings is 1. The summed E-state index contributed by atoms with van der Waals surface area (Å²) in [5.41, 5.74) is 0.652. The first-order valence-corrected chi connectivity index (χ1v) is 8.70. The molecule has 1 aliphatic heterocycles. The van der Waals surface area contributed by atoms with E-state index in [2.05, 4.69) is 0 Å². The Labute approximate surface area is 150 Å². The van der Waals surface area contributed by atoms with Gasteiger partial charge in [-0.1, -0.05) is 35.3 Å². The van der Waals surface area contributed by atoms with Gasteiger partial charge in [0.15, 0.2) is 4.32 Å². The Balaban J connectivity index is 1.87. The second-order valence-electron chi connectivity index (χ2n) is 4.65. The molecule has 0 aliphatic carbocycles. The van der Waals surface area contributed by atoms with Crippen molar-refractivity contribution in [2.75, 3.05) is 12.0 Å². The first-order valence-electron chi connectivity index (χ1n) is 6.66. The molecule has 9 heteroatoms. The molecule has 0 N–H and O–H groups in total. The van der Waals surface area contributed by atoms with Crippen molar-refractivity contribution in [3.8, 4) is 5.75 Å². The zero-order chi connectivity index (χ0) is 17.3. The highest BCUT2D eigenvalue weighted by Gasteiger charge is 2.33. The molecule has 0 atom stereocenters. The average molecular weight is 378 g/mol. The highest BCUT2D eigenvalue weighted by Crippen LogP contribution is 2.37. The average Bonchev–Trinajstić information content (AvgIpc) is 3.13. The topological polar surface area (TPSA) is 72.7 Å². The number of anilines is 1. The zero-order valence-electron chi connectivity index (χ0n) is 12.3. The molecule has 1 aromatic heterocycles. The molecule has 3 rings (SSSR count). The van der Waals surface area contributed by atoms with Gasteiger partial charge in [-0.05, 0) is 36.4 Å². The standard InChI is InChI=1S/C15H10N2O4S3/c1-21-10-4-2-9(3-5-10)16-14(18)12(24-15(16)22)8-11-6-7-13(23-11)17(19)20/h2-8H,1H3. The molecule has 1 aliphatic rings. The van der Waals surface area contributed by atoms with Crippen molar-refractivity contribution in [1.29, 1.82) is 0 Å². The summed E-state index contributed by atoms with van der Waals surface area (Å²) in [6.07, 6.45) is 1.63. The van der Waals surface area contributed by atoms with Crippen LogP contribution in [0, 0.1) is 10.1 Å². The molecule has 24 heavy (non-hydrogen) atoms. The molecule has 0 spiro atoms. The van der Waals surface area contributed by atoms with Crippen LogP contribution in [0.25, 0.3) is 6.08 Å². The molecule has 122 valence electrons. The summed E-state index contributed by atoms with van der Waals surface area (Å²) in [5, 5.41) is 10.8. The van der Waals surface area contributed by atoms with E-state index in [0.717, 1.165) is 11.3 Å². The predicted octanol–water partition coefficient (Wildman–Crippen LogP) is 4.07. The number of thioether (sulfide) groups is 1. The quantitative estimate of drug-likeness (QED) is 0.346. The molecule has 0 unspecified atom stereocenters. The maximum atomic E-state index is 12.6. The Hall–Kier alpha value is -2.23. The Morgan fingerprint density at radius 1 is 1.25 bits per heavy atom. The van der Waals surface area contributed by atoms with Crippen LogP contribution < -0.4 is 9.64 Å². The van der Waals surface area contributed by atoms with E-state index < -0.39 is 4.92 Å². The lowest BCUT2D eigenvalue weighted by molar-refractivity contribution is -0.380. The number of hydrogen-bond acceptors (Lipinski definition) is 7. The largest absolute Gasteiger partial charge is 0.497 e. The SMILES string of the molecule is COc1ccc(N2C(=O)C(=Cc3ccc([N+](=O)[O-])s3)SC2=S)cc1. The molecular formula is C15H10N2O4S3. The summed E-state index contributed by atoms with van der Waals surface area (Å²) >= 11 is 7.48. The molecule has 1 saturated heterocycles. The minimum Gasteiger partial charge on any atom is -0.497 e. The van der Waals surface area contributed by atoms with Crippen LogP contribution in [0.1, 0.15) is 4.88 Å². The number of hydrogen-bond donors (Lipinski definition) is 0. The smallest absolute Gasteiger partial charge is 0.324 e. The normalized spacial score (nSPS) is 16.0. The van der Waals surface area contributed by atoms with Gasteiger partial charge in [-0.15, -0.1) is 0 Å². The fourth-order valence-corrected chi connectivity index (χ4v) is 4.20. The van der Waals surface area contributed by atoms with Gasteiger partial charge in [-0.3, -0.25) is 19.8 Å². The molecule has 1 aromatic carbocycles. The van der Waals surface area contributed by atoms with Gasteiger partial charge in [0.1, 0.15) is 5.75 Å². The minimum atomic E-state index is -0.454. The minimum absolute atomic E-state index is 0.0342. The van der Waals surface area contributed by atoms with E-state index >= 15 is 0 Å². The van der Waals surface area contributed by atoms with Gasteiger partial charge in [0.05, 0.1) is 22.6 Å². The third kappa shape index (κ3) is 3.18. The predicted molar refractivity (Wildman–Crippen MR) is 99.6 cm³/mol. The van der Waals surface area contributed by atoms with Crippen LogP contribution >= 0.6 is 35.3 Å². The molecule has 6 nitrogen and oxygen atoms in total. The number of carbonyl (C=O) groups is 1. The first kappa shape index (κ1) is 16.6. The van der Waals surface area contributed by atoms with Crippen molar-refractivity contribution < 1.29 is 14.5 Å².